The van der Waals surface area contributed by atoms with E-state index in [9.17, 15) is 0 Å². The van der Waals surface area contributed by atoms with Gasteiger partial charge in [0.1, 0.15) is 6.10 Å². The lowest BCUT2D eigenvalue weighted by atomic mass is 10.1. The van der Waals surface area contributed by atoms with Gasteiger partial charge in [0, 0.05) is 12.7 Å². The van der Waals surface area contributed by atoms with E-state index in [1.54, 1.807) is 6.20 Å². The largest absolute Gasteiger partial charge is 0.367 e. The predicted molar refractivity (Wildman–Crippen MR) is 68.6 cm³/mol. The Morgan fingerprint density at radius 2 is 2.00 bits per heavy atom. The first kappa shape index (κ1) is 12.5. The summed E-state index contributed by atoms with van der Waals surface area (Å²) in [4.78, 5) is 4.33. The normalized spacial score (nSPS) is 19.8. The summed E-state index contributed by atoms with van der Waals surface area (Å²) in [5.74, 6) is 0. The van der Waals surface area contributed by atoms with E-state index in [4.69, 9.17) is 10.5 Å². The smallest absolute Gasteiger partial charge is 0.112 e. The molecule has 1 atom stereocenters. The van der Waals surface area contributed by atoms with Crippen LogP contribution < -0.4 is 5.73 Å². The predicted octanol–water partition coefficient (Wildman–Crippen LogP) is 2.82. The highest BCUT2D eigenvalue weighted by Gasteiger charge is 2.19. The molecule has 3 nitrogen and oxygen atoms in total. The molecule has 1 aromatic rings. The number of rotatable bonds is 4. The third-order valence-corrected chi connectivity index (χ3v) is 3.39. The Bertz CT molecular complexity index is 307. The van der Waals surface area contributed by atoms with Gasteiger partial charge in [0.25, 0.3) is 0 Å². The summed E-state index contributed by atoms with van der Waals surface area (Å²) >= 11 is 0. The van der Waals surface area contributed by atoms with E-state index < -0.39 is 0 Å². The molecule has 0 saturated heterocycles. The average Bonchev–Trinajstić information content (AvgIpc) is 2.65. The van der Waals surface area contributed by atoms with Crippen LogP contribution >= 0.6 is 0 Å². The quantitative estimate of drug-likeness (QED) is 0.815. The Balaban J connectivity index is 1.94. The fourth-order valence-electron chi connectivity index (χ4n) is 2.42. The molecule has 3 heteroatoms. The number of pyridine rings is 1. The molecule has 1 aliphatic rings. The SMILES string of the molecule is NCC(OC1CCCCCC1)c1ccccn1. The second-order valence-corrected chi connectivity index (χ2v) is 4.73. The van der Waals surface area contributed by atoms with Gasteiger partial charge in [-0.1, -0.05) is 31.7 Å². The van der Waals surface area contributed by atoms with Gasteiger partial charge in [-0.25, -0.2) is 0 Å². The molecule has 1 heterocycles. The first-order valence-electron chi connectivity index (χ1n) is 6.66. The van der Waals surface area contributed by atoms with E-state index in [0.29, 0.717) is 12.6 Å². The standard InChI is InChI=1S/C14H22N2O/c15-11-14(13-9-5-6-10-16-13)17-12-7-3-1-2-4-8-12/h5-6,9-10,12,14H,1-4,7-8,11,15H2. The zero-order chi connectivity index (χ0) is 11.9. The molecule has 0 amide bonds. The van der Waals surface area contributed by atoms with Crippen molar-refractivity contribution < 1.29 is 4.74 Å². The molecule has 0 radical (unpaired) electrons. The topological polar surface area (TPSA) is 48.1 Å². The van der Waals surface area contributed by atoms with Crippen molar-refractivity contribution in [2.24, 2.45) is 5.73 Å². The fraction of sp³-hybridized carbons (Fsp3) is 0.643. The van der Waals surface area contributed by atoms with Crippen molar-refractivity contribution in [3.8, 4) is 0 Å². The molecule has 1 aromatic heterocycles. The third-order valence-electron chi connectivity index (χ3n) is 3.39. The molecule has 2 rings (SSSR count). The Morgan fingerprint density at radius 3 is 2.59 bits per heavy atom. The van der Waals surface area contributed by atoms with E-state index in [2.05, 4.69) is 4.98 Å². The molecule has 0 aromatic carbocycles. The van der Waals surface area contributed by atoms with Crippen molar-refractivity contribution in [1.29, 1.82) is 0 Å². The van der Waals surface area contributed by atoms with E-state index in [1.165, 1.54) is 38.5 Å². The lowest BCUT2D eigenvalue weighted by Crippen LogP contribution is -2.23. The zero-order valence-electron chi connectivity index (χ0n) is 10.3. The molecule has 94 valence electrons. The first-order valence-corrected chi connectivity index (χ1v) is 6.66. The van der Waals surface area contributed by atoms with Crippen molar-refractivity contribution in [1.82, 2.24) is 4.98 Å². The average molecular weight is 234 g/mol. The van der Waals surface area contributed by atoms with Crippen LogP contribution in [0, 0.1) is 0 Å². The van der Waals surface area contributed by atoms with Crippen molar-refractivity contribution in [2.45, 2.75) is 50.7 Å². The first-order chi connectivity index (χ1) is 8.40. The Kier molecular flexibility index (Phi) is 4.95. The van der Waals surface area contributed by atoms with Gasteiger partial charge in [-0.05, 0) is 25.0 Å². The maximum Gasteiger partial charge on any atom is 0.112 e. The maximum absolute atomic E-state index is 6.12. The van der Waals surface area contributed by atoms with Gasteiger partial charge in [0.2, 0.25) is 0 Å². The van der Waals surface area contributed by atoms with Crippen LogP contribution in [0.15, 0.2) is 24.4 Å². The second kappa shape index (κ2) is 6.72. The van der Waals surface area contributed by atoms with Crippen LogP contribution in [0.2, 0.25) is 0 Å². The molecule has 2 N–H and O–H groups in total. The molecular weight excluding hydrogens is 212 g/mol. The summed E-state index contributed by atoms with van der Waals surface area (Å²) in [5.41, 5.74) is 6.75. The van der Waals surface area contributed by atoms with Crippen molar-refractivity contribution in [3.63, 3.8) is 0 Å². The summed E-state index contributed by atoms with van der Waals surface area (Å²) in [6, 6.07) is 5.90. The van der Waals surface area contributed by atoms with Gasteiger partial charge >= 0.3 is 0 Å². The number of hydrogen-bond acceptors (Lipinski definition) is 3. The van der Waals surface area contributed by atoms with Crippen LogP contribution in [-0.2, 0) is 4.74 Å². The summed E-state index contributed by atoms with van der Waals surface area (Å²) in [6.07, 6.45) is 9.72. The van der Waals surface area contributed by atoms with Crippen LogP contribution in [0.5, 0.6) is 0 Å². The maximum atomic E-state index is 6.12. The monoisotopic (exact) mass is 234 g/mol. The Morgan fingerprint density at radius 1 is 1.24 bits per heavy atom. The number of aromatic nitrogens is 1. The van der Waals surface area contributed by atoms with Gasteiger partial charge in [-0.3, -0.25) is 4.98 Å². The van der Waals surface area contributed by atoms with Crippen molar-refractivity contribution >= 4 is 0 Å². The number of nitrogens with two attached hydrogens (primary N) is 1. The molecule has 0 bridgehead atoms. The molecular formula is C14H22N2O. The fourth-order valence-corrected chi connectivity index (χ4v) is 2.42. The molecule has 0 aliphatic heterocycles. The summed E-state index contributed by atoms with van der Waals surface area (Å²) in [5, 5.41) is 0. The molecule has 1 fully saturated rings. The number of hydrogen-bond donors (Lipinski definition) is 1. The molecule has 17 heavy (non-hydrogen) atoms. The molecule has 1 aliphatic carbocycles. The lowest BCUT2D eigenvalue weighted by Gasteiger charge is -2.22. The highest BCUT2D eigenvalue weighted by Crippen LogP contribution is 2.25. The summed E-state index contributed by atoms with van der Waals surface area (Å²) in [6.45, 7) is 0.507. The lowest BCUT2D eigenvalue weighted by molar-refractivity contribution is -0.0181. The Labute approximate surface area is 103 Å². The number of ether oxygens (including phenoxy) is 1. The summed E-state index contributed by atoms with van der Waals surface area (Å²) in [7, 11) is 0. The third kappa shape index (κ3) is 3.79. The van der Waals surface area contributed by atoms with Crippen LogP contribution in [0.25, 0.3) is 0 Å². The minimum atomic E-state index is -0.0423. The van der Waals surface area contributed by atoms with Crippen LogP contribution in [0.3, 0.4) is 0 Å². The van der Waals surface area contributed by atoms with Gasteiger partial charge in [-0.2, -0.15) is 0 Å². The molecule has 1 unspecified atom stereocenters. The van der Waals surface area contributed by atoms with E-state index in [0.717, 1.165) is 5.69 Å². The van der Waals surface area contributed by atoms with Gasteiger partial charge in [-0.15, -0.1) is 0 Å². The molecule has 1 saturated carbocycles. The van der Waals surface area contributed by atoms with Gasteiger partial charge in [0.15, 0.2) is 0 Å². The minimum absolute atomic E-state index is 0.0423. The van der Waals surface area contributed by atoms with E-state index >= 15 is 0 Å². The van der Waals surface area contributed by atoms with Crippen molar-refractivity contribution in [2.75, 3.05) is 6.54 Å². The summed E-state index contributed by atoms with van der Waals surface area (Å²) < 4.78 is 6.12. The minimum Gasteiger partial charge on any atom is -0.367 e. The second-order valence-electron chi connectivity index (χ2n) is 4.73. The van der Waals surface area contributed by atoms with Crippen LogP contribution in [-0.4, -0.2) is 17.6 Å². The van der Waals surface area contributed by atoms with Crippen LogP contribution in [0.1, 0.15) is 50.3 Å². The highest BCUT2D eigenvalue weighted by atomic mass is 16.5. The van der Waals surface area contributed by atoms with Crippen LogP contribution in [0.4, 0.5) is 0 Å². The van der Waals surface area contributed by atoms with Gasteiger partial charge in [0.05, 0.1) is 11.8 Å². The van der Waals surface area contributed by atoms with Gasteiger partial charge < -0.3 is 10.5 Å². The number of nitrogens with zero attached hydrogens (tertiary/aromatic N) is 1. The van der Waals surface area contributed by atoms with E-state index in [-0.39, 0.29) is 6.10 Å². The Hall–Kier alpha value is -0.930. The van der Waals surface area contributed by atoms with E-state index in [1.807, 2.05) is 18.2 Å². The molecule has 0 spiro atoms. The zero-order valence-corrected chi connectivity index (χ0v) is 10.3. The van der Waals surface area contributed by atoms with Crippen molar-refractivity contribution in [3.05, 3.63) is 30.1 Å². The highest BCUT2D eigenvalue weighted by molar-refractivity contribution is 5.07.